The van der Waals surface area contributed by atoms with Crippen molar-refractivity contribution in [1.82, 2.24) is 5.32 Å². The van der Waals surface area contributed by atoms with Gasteiger partial charge in [0.25, 0.3) is 0 Å². The molecule has 0 aliphatic heterocycles. The van der Waals surface area contributed by atoms with Crippen LogP contribution in [-0.2, 0) is 6.42 Å². The maximum atomic E-state index is 5.81. The summed E-state index contributed by atoms with van der Waals surface area (Å²) >= 11 is 0. The molecule has 1 atom stereocenters. The fraction of sp³-hybridized carbons (Fsp3) is 0.647. The largest absolute Gasteiger partial charge is 0.493 e. The summed E-state index contributed by atoms with van der Waals surface area (Å²) in [6, 6.07) is 8.40. The highest BCUT2D eigenvalue weighted by Gasteiger charge is 2.13. The fourth-order valence-corrected chi connectivity index (χ4v) is 1.95. The Morgan fingerprint density at radius 2 is 1.89 bits per heavy atom. The third-order valence-corrected chi connectivity index (χ3v) is 2.98. The average molecular weight is 263 g/mol. The van der Waals surface area contributed by atoms with Gasteiger partial charge in [-0.2, -0.15) is 0 Å². The maximum absolute atomic E-state index is 5.81. The van der Waals surface area contributed by atoms with Crippen LogP contribution in [-0.4, -0.2) is 18.7 Å². The number of hydrogen-bond donors (Lipinski definition) is 1. The quantitative estimate of drug-likeness (QED) is 0.801. The van der Waals surface area contributed by atoms with Gasteiger partial charge in [-0.1, -0.05) is 32.0 Å². The van der Waals surface area contributed by atoms with Crippen LogP contribution in [0.4, 0.5) is 0 Å². The summed E-state index contributed by atoms with van der Waals surface area (Å²) in [6.07, 6.45) is 2.11. The summed E-state index contributed by atoms with van der Waals surface area (Å²) in [7, 11) is 0. The van der Waals surface area contributed by atoms with E-state index in [4.69, 9.17) is 4.74 Å². The van der Waals surface area contributed by atoms with Crippen LogP contribution < -0.4 is 10.1 Å². The molecular formula is C17H29NO. The van der Waals surface area contributed by atoms with E-state index in [-0.39, 0.29) is 5.54 Å². The lowest BCUT2D eigenvalue weighted by atomic mass is 9.99. The van der Waals surface area contributed by atoms with Crippen LogP contribution in [0, 0.1) is 5.92 Å². The van der Waals surface area contributed by atoms with E-state index in [2.05, 4.69) is 58.1 Å². The van der Waals surface area contributed by atoms with E-state index >= 15 is 0 Å². The second kappa shape index (κ2) is 7.54. The van der Waals surface area contributed by atoms with E-state index in [0.717, 1.165) is 31.7 Å². The summed E-state index contributed by atoms with van der Waals surface area (Å²) in [4.78, 5) is 0. The molecule has 2 nitrogen and oxygen atoms in total. The zero-order chi connectivity index (χ0) is 14.3. The number of ether oxygens (including phenoxy) is 1. The zero-order valence-electron chi connectivity index (χ0n) is 13.1. The molecule has 1 aromatic carbocycles. The van der Waals surface area contributed by atoms with Gasteiger partial charge in [0.2, 0.25) is 0 Å². The Morgan fingerprint density at radius 1 is 1.21 bits per heavy atom. The topological polar surface area (TPSA) is 21.3 Å². The molecule has 1 N–H and O–H groups in total. The SMILES string of the molecule is CCCOc1ccccc1CC(C)CNC(C)(C)C. The van der Waals surface area contributed by atoms with Gasteiger partial charge in [0.05, 0.1) is 6.61 Å². The molecule has 1 unspecified atom stereocenters. The van der Waals surface area contributed by atoms with E-state index in [9.17, 15) is 0 Å². The molecule has 19 heavy (non-hydrogen) atoms. The lowest BCUT2D eigenvalue weighted by Crippen LogP contribution is -2.39. The van der Waals surface area contributed by atoms with E-state index in [1.54, 1.807) is 0 Å². The summed E-state index contributed by atoms with van der Waals surface area (Å²) in [6.45, 7) is 12.9. The minimum absolute atomic E-state index is 0.187. The normalized spacial score (nSPS) is 13.3. The highest BCUT2D eigenvalue weighted by molar-refractivity contribution is 5.33. The third kappa shape index (κ3) is 6.63. The van der Waals surface area contributed by atoms with Crippen LogP contribution >= 0.6 is 0 Å². The Bertz CT molecular complexity index is 368. The van der Waals surface area contributed by atoms with Gasteiger partial charge in [-0.3, -0.25) is 0 Å². The highest BCUT2D eigenvalue weighted by Crippen LogP contribution is 2.21. The Morgan fingerprint density at radius 3 is 2.53 bits per heavy atom. The number of hydrogen-bond acceptors (Lipinski definition) is 2. The minimum atomic E-state index is 0.187. The van der Waals surface area contributed by atoms with Crippen molar-refractivity contribution >= 4 is 0 Å². The predicted octanol–water partition coefficient (Wildman–Crippen LogP) is 4.04. The Kier molecular flexibility index (Phi) is 6.36. The molecule has 1 rings (SSSR count). The van der Waals surface area contributed by atoms with Gasteiger partial charge in [-0.15, -0.1) is 0 Å². The van der Waals surface area contributed by atoms with Crippen LogP contribution in [0.25, 0.3) is 0 Å². The molecule has 0 saturated carbocycles. The molecule has 0 bridgehead atoms. The molecule has 108 valence electrons. The molecule has 0 saturated heterocycles. The highest BCUT2D eigenvalue weighted by atomic mass is 16.5. The molecule has 0 spiro atoms. The number of para-hydroxylation sites is 1. The molecule has 0 radical (unpaired) electrons. The first-order chi connectivity index (χ1) is 8.92. The van der Waals surface area contributed by atoms with E-state index in [0.29, 0.717) is 5.92 Å². The van der Waals surface area contributed by atoms with Crippen molar-refractivity contribution in [2.24, 2.45) is 5.92 Å². The van der Waals surface area contributed by atoms with E-state index < -0.39 is 0 Å². The summed E-state index contributed by atoms with van der Waals surface area (Å²) < 4.78 is 5.81. The lowest BCUT2D eigenvalue weighted by Gasteiger charge is -2.24. The molecular weight excluding hydrogens is 234 g/mol. The number of benzene rings is 1. The van der Waals surface area contributed by atoms with Crippen LogP contribution in [0.1, 0.15) is 46.6 Å². The molecule has 0 aromatic heterocycles. The molecule has 2 heteroatoms. The van der Waals surface area contributed by atoms with Crippen molar-refractivity contribution in [1.29, 1.82) is 0 Å². The second-order valence-corrected chi connectivity index (χ2v) is 6.40. The van der Waals surface area contributed by atoms with Gasteiger partial charge in [-0.05, 0) is 57.7 Å². The van der Waals surface area contributed by atoms with Crippen molar-refractivity contribution in [2.45, 2.75) is 53.0 Å². The molecule has 0 aliphatic carbocycles. The molecule has 1 aromatic rings. The Hall–Kier alpha value is -1.02. The molecule has 0 amide bonds. The van der Waals surface area contributed by atoms with Crippen LogP contribution in [0.3, 0.4) is 0 Å². The van der Waals surface area contributed by atoms with Crippen molar-refractivity contribution in [2.75, 3.05) is 13.2 Å². The van der Waals surface area contributed by atoms with Gasteiger partial charge >= 0.3 is 0 Å². The van der Waals surface area contributed by atoms with E-state index in [1.807, 2.05) is 6.07 Å². The van der Waals surface area contributed by atoms with Gasteiger partial charge in [0, 0.05) is 5.54 Å². The predicted molar refractivity (Wildman–Crippen MR) is 82.9 cm³/mol. The minimum Gasteiger partial charge on any atom is -0.493 e. The van der Waals surface area contributed by atoms with Crippen LogP contribution in [0.5, 0.6) is 5.75 Å². The first-order valence-corrected chi connectivity index (χ1v) is 7.38. The molecule has 0 aliphatic rings. The van der Waals surface area contributed by atoms with Crippen LogP contribution in [0.15, 0.2) is 24.3 Å². The van der Waals surface area contributed by atoms with Gasteiger partial charge in [0.1, 0.15) is 5.75 Å². The van der Waals surface area contributed by atoms with Crippen molar-refractivity contribution < 1.29 is 4.74 Å². The Labute approximate surface area is 118 Å². The first-order valence-electron chi connectivity index (χ1n) is 7.38. The fourth-order valence-electron chi connectivity index (χ4n) is 1.95. The zero-order valence-corrected chi connectivity index (χ0v) is 13.1. The van der Waals surface area contributed by atoms with Gasteiger partial charge < -0.3 is 10.1 Å². The third-order valence-electron chi connectivity index (χ3n) is 2.98. The lowest BCUT2D eigenvalue weighted by molar-refractivity contribution is 0.311. The number of nitrogens with one attached hydrogen (secondary N) is 1. The van der Waals surface area contributed by atoms with Crippen molar-refractivity contribution in [3.05, 3.63) is 29.8 Å². The first kappa shape index (κ1) is 16.0. The van der Waals surface area contributed by atoms with E-state index in [1.165, 1.54) is 5.56 Å². The van der Waals surface area contributed by atoms with Crippen molar-refractivity contribution in [3.63, 3.8) is 0 Å². The monoisotopic (exact) mass is 263 g/mol. The average Bonchev–Trinajstić information content (AvgIpc) is 2.34. The maximum Gasteiger partial charge on any atom is 0.122 e. The van der Waals surface area contributed by atoms with Crippen molar-refractivity contribution in [3.8, 4) is 5.75 Å². The molecule has 0 heterocycles. The van der Waals surface area contributed by atoms with Gasteiger partial charge in [-0.25, -0.2) is 0 Å². The standard InChI is InChI=1S/C17H29NO/c1-6-11-19-16-10-8-7-9-15(16)12-14(2)13-18-17(3,4)5/h7-10,14,18H,6,11-13H2,1-5H3. The Balaban J connectivity index is 2.55. The second-order valence-electron chi connectivity index (χ2n) is 6.40. The summed E-state index contributed by atoms with van der Waals surface area (Å²) in [5.74, 6) is 1.65. The smallest absolute Gasteiger partial charge is 0.122 e. The summed E-state index contributed by atoms with van der Waals surface area (Å²) in [5, 5.41) is 3.56. The van der Waals surface area contributed by atoms with Gasteiger partial charge in [0.15, 0.2) is 0 Å². The molecule has 0 fully saturated rings. The van der Waals surface area contributed by atoms with Crippen LogP contribution in [0.2, 0.25) is 0 Å². The summed E-state index contributed by atoms with van der Waals surface area (Å²) in [5.41, 5.74) is 1.51. The number of rotatable bonds is 7.